The average Bonchev–Trinajstić information content (AvgIpc) is 2.58. The van der Waals surface area contributed by atoms with Gasteiger partial charge in [0, 0.05) is 17.2 Å². The van der Waals surface area contributed by atoms with Gasteiger partial charge in [-0.05, 0) is 41.8 Å². The van der Waals surface area contributed by atoms with Crippen LogP contribution in [0.25, 0.3) is 17.2 Å². The molecule has 0 amide bonds. The maximum Gasteiger partial charge on any atom is 0.330 e. The van der Waals surface area contributed by atoms with Crippen LogP contribution in [-0.4, -0.2) is 24.1 Å². The third kappa shape index (κ3) is 2.71. The Hall–Kier alpha value is -3.01. The van der Waals surface area contributed by atoms with Crippen molar-refractivity contribution in [1.29, 1.82) is 0 Å². The monoisotopic (exact) mass is 306 g/mol. The third-order valence-corrected chi connectivity index (χ3v) is 3.65. The first-order chi connectivity index (χ1) is 11.1. The number of carbonyl (C=O) groups is 3. The van der Waals surface area contributed by atoms with E-state index in [0.717, 1.165) is 11.1 Å². The number of fused-ring (bicyclic) bond motifs is 3. The molecule has 4 heteroatoms. The van der Waals surface area contributed by atoms with Gasteiger partial charge in [-0.1, -0.05) is 30.3 Å². The van der Waals surface area contributed by atoms with Crippen LogP contribution in [-0.2, 0) is 9.53 Å². The molecule has 2 aromatic carbocycles. The van der Waals surface area contributed by atoms with Crippen molar-refractivity contribution < 1.29 is 19.1 Å². The number of Topliss-reactive ketones (excluding diaryl/α,β-unsaturated/α-hetero) is 2. The third-order valence-electron chi connectivity index (χ3n) is 3.65. The number of ether oxygens (including phenoxy) is 1. The van der Waals surface area contributed by atoms with Gasteiger partial charge < -0.3 is 4.74 Å². The Morgan fingerprint density at radius 2 is 1.61 bits per heavy atom. The molecule has 0 bridgehead atoms. The van der Waals surface area contributed by atoms with E-state index in [2.05, 4.69) is 0 Å². The Morgan fingerprint density at radius 3 is 2.30 bits per heavy atom. The van der Waals surface area contributed by atoms with Gasteiger partial charge in [0.15, 0.2) is 0 Å². The molecule has 0 spiro atoms. The molecule has 4 nitrogen and oxygen atoms in total. The molecule has 23 heavy (non-hydrogen) atoms. The van der Waals surface area contributed by atoms with Crippen molar-refractivity contribution in [3.8, 4) is 11.1 Å². The van der Waals surface area contributed by atoms with Gasteiger partial charge in [-0.25, -0.2) is 4.79 Å². The SMILES string of the molecule is CCOC(=O)C=Cc1ccc2c(c1)-c1ccccc1C(=O)C2=O. The maximum absolute atomic E-state index is 12.2. The minimum atomic E-state index is -0.500. The van der Waals surface area contributed by atoms with E-state index in [9.17, 15) is 14.4 Å². The first kappa shape index (κ1) is 14.9. The van der Waals surface area contributed by atoms with Crippen LogP contribution in [0.1, 0.15) is 33.2 Å². The van der Waals surface area contributed by atoms with E-state index in [1.165, 1.54) is 6.08 Å². The summed E-state index contributed by atoms with van der Waals surface area (Å²) in [5.74, 6) is -1.40. The molecule has 0 N–H and O–H groups in total. The second kappa shape index (κ2) is 6.01. The van der Waals surface area contributed by atoms with Gasteiger partial charge in [0.25, 0.3) is 0 Å². The lowest BCUT2D eigenvalue weighted by Gasteiger charge is -2.18. The van der Waals surface area contributed by atoms with E-state index in [4.69, 9.17) is 4.74 Å². The summed E-state index contributed by atoms with van der Waals surface area (Å²) >= 11 is 0. The highest BCUT2D eigenvalue weighted by Crippen LogP contribution is 2.34. The fourth-order valence-corrected chi connectivity index (χ4v) is 2.60. The van der Waals surface area contributed by atoms with E-state index in [1.54, 1.807) is 43.3 Å². The molecule has 0 unspecified atom stereocenters. The van der Waals surface area contributed by atoms with E-state index in [0.29, 0.717) is 23.3 Å². The van der Waals surface area contributed by atoms with E-state index < -0.39 is 17.5 Å². The lowest BCUT2D eigenvalue weighted by Crippen LogP contribution is -2.21. The van der Waals surface area contributed by atoms with Crippen molar-refractivity contribution in [3.05, 3.63) is 65.2 Å². The fourth-order valence-electron chi connectivity index (χ4n) is 2.60. The van der Waals surface area contributed by atoms with Crippen molar-refractivity contribution in [2.24, 2.45) is 0 Å². The molecular formula is C19H14O4. The number of benzene rings is 2. The summed E-state index contributed by atoms with van der Waals surface area (Å²) in [6.07, 6.45) is 2.97. The number of carbonyl (C=O) groups excluding carboxylic acids is 3. The highest BCUT2D eigenvalue weighted by molar-refractivity contribution is 6.53. The summed E-state index contributed by atoms with van der Waals surface area (Å²) in [5, 5.41) is 0. The van der Waals surface area contributed by atoms with Crippen molar-refractivity contribution in [2.45, 2.75) is 6.92 Å². The number of hydrogen-bond acceptors (Lipinski definition) is 4. The van der Waals surface area contributed by atoms with Gasteiger partial charge in [-0.2, -0.15) is 0 Å². The molecule has 0 aromatic heterocycles. The molecule has 0 heterocycles. The summed E-state index contributed by atoms with van der Waals surface area (Å²) in [7, 11) is 0. The molecule has 0 saturated heterocycles. The van der Waals surface area contributed by atoms with Crippen LogP contribution >= 0.6 is 0 Å². The zero-order valence-electron chi connectivity index (χ0n) is 12.5. The average molecular weight is 306 g/mol. The Labute approximate surface area is 133 Å². The van der Waals surface area contributed by atoms with Gasteiger partial charge >= 0.3 is 5.97 Å². The molecule has 1 aliphatic carbocycles. The predicted molar refractivity (Wildman–Crippen MR) is 86.2 cm³/mol. The molecular weight excluding hydrogens is 292 g/mol. The summed E-state index contributed by atoms with van der Waals surface area (Å²) < 4.78 is 4.84. The topological polar surface area (TPSA) is 60.4 Å². The predicted octanol–water partition coefficient (Wildman–Crippen LogP) is 3.31. The normalized spacial score (nSPS) is 12.9. The Kier molecular flexibility index (Phi) is 3.89. The fraction of sp³-hybridized carbons (Fsp3) is 0.105. The molecule has 0 saturated carbocycles. The van der Waals surface area contributed by atoms with Crippen LogP contribution in [0.15, 0.2) is 48.5 Å². The van der Waals surface area contributed by atoms with Crippen molar-refractivity contribution in [2.75, 3.05) is 6.61 Å². The quantitative estimate of drug-likeness (QED) is 0.496. The minimum Gasteiger partial charge on any atom is -0.463 e. The summed E-state index contributed by atoms with van der Waals surface area (Å²) in [6.45, 7) is 2.06. The van der Waals surface area contributed by atoms with Crippen LogP contribution in [0.2, 0.25) is 0 Å². The first-order valence-electron chi connectivity index (χ1n) is 7.29. The number of ketones is 2. The molecule has 3 rings (SSSR count). The summed E-state index contributed by atoms with van der Waals surface area (Å²) in [6, 6.07) is 12.2. The van der Waals surface area contributed by atoms with Crippen molar-refractivity contribution in [3.63, 3.8) is 0 Å². The molecule has 114 valence electrons. The van der Waals surface area contributed by atoms with Crippen LogP contribution in [0.5, 0.6) is 0 Å². The number of rotatable bonds is 3. The van der Waals surface area contributed by atoms with Crippen LogP contribution in [0, 0.1) is 0 Å². The lowest BCUT2D eigenvalue weighted by atomic mass is 9.83. The van der Waals surface area contributed by atoms with Crippen molar-refractivity contribution >= 4 is 23.6 Å². The maximum atomic E-state index is 12.2. The first-order valence-corrected chi connectivity index (χ1v) is 7.29. The van der Waals surface area contributed by atoms with E-state index >= 15 is 0 Å². The second-order valence-electron chi connectivity index (χ2n) is 5.09. The van der Waals surface area contributed by atoms with E-state index in [-0.39, 0.29) is 0 Å². The van der Waals surface area contributed by atoms with Crippen LogP contribution in [0.3, 0.4) is 0 Å². The number of hydrogen-bond donors (Lipinski definition) is 0. The molecule has 0 fully saturated rings. The van der Waals surface area contributed by atoms with Gasteiger partial charge in [-0.15, -0.1) is 0 Å². The Morgan fingerprint density at radius 1 is 0.957 bits per heavy atom. The zero-order chi connectivity index (χ0) is 16.4. The van der Waals surface area contributed by atoms with Gasteiger partial charge in [0.2, 0.25) is 11.6 Å². The highest BCUT2D eigenvalue weighted by atomic mass is 16.5. The zero-order valence-corrected chi connectivity index (χ0v) is 12.5. The molecule has 1 aliphatic rings. The Bertz CT molecular complexity index is 846. The summed E-state index contributed by atoms with van der Waals surface area (Å²) in [5.41, 5.74) is 3.00. The minimum absolute atomic E-state index is 0.317. The molecule has 0 aliphatic heterocycles. The van der Waals surface area contributed by atoms with E-state index in [1.807, 2.05) is 12.1 Å². The van der Waals surface area contributed by atoms with Gasteiger partial charge in [0.1, 0.15) is 0 Å². The standard InChI is InChI=1S/C19H14O4/c1-2-23-17(20)10-8-12-7-9-15-16(11-12)13-5-3-4-6-14(13)18(21)19(15)22/h3-11H,2H2,1H3. The summed E-state index contributed by atoms with van der Waals surface area (Å²) in [4.78, 5) is 35.7. The lowest BCUT2D eigenvalue weighted by molar-refractivity contribution is -0.137. The Balaban J connectivity index is 2.05. The number of esters is 1. The van der Waals surface area contributed by atoms with Crippen molar-refractivity contribution in [1.82, 2.24) is 0 Å². The van der Waals surface area contributed by atoms with Crippen LogP contribution < -0.4 is 0 Å². The smallest absolute Gasteiger partial charge is 0.330 e. The largest absolute Gasteiger partial charge is 0.463 e. The highest BCUT2D eigenvalue weighted by Gasteiger charge is 2.29. The molecule has 0 atom stereocenters. The van der Waals surface area contributed by atoms with Crippen LogP contribution in [0.4, 0.5) is 0 Å². The second-order valence-corrected chi connectivity index (χ2v) is 5.09. The van der Waals surface area contributed by atoms with Gasteiger partial charge in [0.05, 0.1) is 6.61 Å². The molecule has 2 aromatic rings. The van der Waals surface area contributed by atoms with Gasteiger partial charge in [-0.3, -0.25) is 9.59 Å². The molecule has 0 radical (unpaired) electrons.